The second-order valence-electron chi connectivity index (χ2n) is 8.58. The maximum atomic E-state index is 4.07. The Morgan fingerprint density at radius 1 is 0.375 bits per heavy atom. The zero-order valence-corrected chi connectivity index (χ0v) is 24.2. The van der Waals surface area contributed by atoms with Crippen LogP contribution in [0.3, 0.4) is 0 Å². The SMILES string of the molecule is Cc1cc(-c2ccccc2)n[c-]n1.Cc1cc(-c2ccccc2)n[c-]n1.Cc1cc(-c2ccccc2)n[c-]n1.[Ru+3]. The summed E-state index contributed by atoms with van der Waals surface area (Å²) in [5, 5.41) is 0. The molecule has 6 nitrogen and oxygen atoms in total. The topological polar surface area (TPSA) is 77.3 Å². The van der Waals surface area contributed by atoms with E-state index in [1.54, 1.807) is 0 Å². The third kappa shape index (κ3) is 9.37. The molecule has 0 fully saturated rings. The summed E-state index contributed by atoms with van der Waals surface area (Å²) in [6.07, 6.45) is 7.88. The van der Waals surface area contributed by atoms with Crippen LogP contribution in [0.5, 0.6) is 0 Å². The molecule has 40 heavy (non-hydrogen) atoms. The summed E-state index contributed by atoms with van der Waals surface area (Å²) >= 11 is 0. The first-order valence-corrected chi connectivity index (χ1v) is 12.4. The zero-order valence-electron chi connectivity index (χ0n) is 22.4. The van der Waals surface area contributed by atoms with Gasteiger partial charge in [-0.05, 0) is 17.1 Å². The van der Waals surface area contributed by atoms with Crippen molar-refractivity contribution in [3.8, 4) is 33.8 Å². The fourth-order valence-electron chi connectivity index (χ4n) is 3.53. The van der Waals surface area contributed by atoms with Crippen molar-refractivity contribution in [2.45, 2.75) is 20.8 Å². The van der Waals surface area contributed by atoms with Crippen molar-refractivity contribution in [2.24, 2.45) is 0 Å². The van der Waals surface area contributed by atoms with Crippen LogP contribution >= 0.6 is 0 Å². The number of rotatable bonds is 3. The second kappa shape index (κ2) is 15.8. The Bertz CT molecular complexity index is 1390. The Hall–Kier alpha value is -4.48. The summed E-state index contributed by atoms with van der Waals surface area (Å²) in [5.74, 6) is 0. The van der Waals surface area contributed by atoms with Crippen molar-refractivity contribution in [3.05, 3.63) is 145 Å². The summed E-state index contributed by atoms with van der Waals surface area (Å²) in [4.78, 5) is 24.0. The van der Waals surface area contributed by atoms with E-state index < -0.39 is 0 Å². The monoisotopic (exact) mass is 609 g/mol. The minimum Gasteiger partial charge on any atom is -0.371 e. The molecule has 3 heterocycles. The van der Waals surface area contributed by atoms with Gasteiger partial charge in [-0.1, -0.05) is 146 Å². The van der Waals surface area contributed by atoms with Gasteiger partial charge < -0.3 is 29.9 Å². The van der Waals surface area contributed by atoms with Crippen LogP contribution in [-0.4, -0.2) is 29.9 Å². The molecule has 0 aliphatic rings. The summed E-state index contributed by atoms with van der Waals surface area (Å²) in [7, 11) is 0. The third-order valence-electron chi connectivity index (χ3n) is 5.44. The van der Waals surface area contributed by atoms with E-state index in [1.807, 2.05) is 130 Å². The first kappa shape index (κ1) is 30.1. The maximum Gasteiger partial charge on any atom is 3.00 e. The normalized spacial score (nSPS) is 9.68. The van der Waals surface area contributed by atoms with Crippen molar-refractivity contribution >= 4 is 0 Å². The number of aromatic nitrogens is 6. The van der Waals surface area contributed by atoms with Gasteiger partial charge in [0.1, 0.15) is 0 Å². The molecule has 0 atom stereocenters. The molecule has 3 aromatic heterocycles. The average Bonchev–Trinajstić information content (AvgIpc) is 2.99. The van der Waals surface area contributed by atoms with Gasteiger partial charge in [-0.25, -0.2) is 0 Å². The van der Waals surface area contributed by atoms with Crippen LogP contribution in [0, 0.1) is 39.8 Å². The zero-order chi connectivity index (χ0) is 27.3. The van der Waals surface area contributed by atoms with Gasteiger partial charge in [0, 0.05) is 19.0 Å². The summed E-state index contributed by atoms with van der Waals surface area (Å²) in [5.41, 5.74) is 8.89. The van der Waals surface area contributed by atoms with Gasteiger partial charge >= 0.3 is 19.5 Å². The number of hydrogen-bond donors (Lipinski definition) is 0. The molecule has 0 aliphatic carbocycles. The van der Waals surface area contributed by atoms with Gasteiger partial charge in [0.15, 0.2) is 0 Å². The molecule has 0 saturated heterocycles. The van der Waals surface area contributed by atoms with Crippen molar-refractivity contribution in [2.75, 3.05) is 0 Å². The Morgan fingerprint density at radius 2 is 0.625 bits per heavy atom. The van der Waals surface area contributed by atoms with E-state index in [0.29, 0.717) is 0 Å². The van der Waals surface area contributed by atoms with Crippen molar-refractivity contribution in [1.29, 1.82) is 0 Å². The van der Waals surface area contributed by atoms with Crippen LogP contribution in [0.1, 0.15) is 17.1 Å². The Morgan fingerprint density at radius 3 is 0.850 bits per heavy atom. The van der Waals surface area contributed by atoms with E-state index in [4.69, 9.17) is 0 Å². The maximum absolute atomic E-state index is 4.07. The first-order chi connectivity index (χ1) is 19.1. The number of benzene rings is 3. The van der Waals surface area contributed by atoms with E-state index in [1.165, 1.54) is 0 Å². The molecule has 0 spiro atoms. The molecule has 0 amide bonds. The van der Waals surface area contributed by atoms with Crippen LogP contribution in [0.25, 0.3) is 33.8 Å². The molecule has 0 N–H and O–H groups in total. The van der Waals surface area contributed by atoms with E-state index in [-0.39, 0.29) is 19.5 Å². The Kier molecular flexibility index (Phi) is 11.9. The number of aryl methyl sites for hydroxylation is 3. The second-order valence-corrected chi connectivity index (χ2v) is 8.58. The smallest absolute Gasteiger partial charge is 0.371 e. The van der Waals surface area contributed by atoms with Crippen LogP contribution in [0.2, 0.25) is 0 Å². The van der Waals surface area contributed by atoms with Crippen LogP contribution in [0.4, 0.5) is 0 Å². The van der Waals surface area contributed by atoms with Crippen molar-refractivity contribution in [3.63, 3.8) is 0 Å². The molecule has 6 aromatic rings. The Balaban J connectivity index is 0.000000163. The van der Waals surface area contributed by atoms with Crippen LogP contribution < -0.4 is 0 Å². The summed E-state index contributed by atoms with van der Waals surface area (Å²) in [6, 6.07) is 35.9. The van der Waals surface area contributed by atoms with Crippen molar-refractivity contribution < 1.29 is 19.5 Å². The van der Waals surface area contributed by atoms with Gasteiger partial charge in [-0.3, -0.25) is 0 Å². The van der Waals surface area contributed by atoms with Crippen LogP contribution in [0.15, 0.2) is 109 Å². The number of hydrogen-bond acceptors (Lipinski definition) is 6. The fourth-order valence-corrected chi connectivity index (χ4v) is 3.53. The minimum absolute atomic E-state index is 0. The number of nitrogens with zero attached hydrogens (tertiary/aromatic N) is 6. The predicted molar refractivity (Wildman–Crippen MR) is 153 cm³/mol. The van der Waals surface area contributed by atoms with Gasteiger partial charge in [-0.15, -0.1) is 18.2 Å². The largest absolute Gasteiger partial charge is 3.00 e. The average molecular weight is 609 g/mol. The van der Waals surface area contributed by atoms with Gasteiger partial charge in [-0.2, -0.15) is 0 Å². The molecule has 6 rings (SSSR count). The molecule has 3 aromatic carbocycles. The molecule has 1 radical (unpaired) electrons. The summed E-state index contributed by atoms with van der Waals surface area (Å²) < 4.78 is 0. The van der Waals surface area contributed by atoms with Gasteiger partial charge in [0.2, 0.25) is 0 Å². The quantitative estimate of drug-likeness (QED) is 0.163. The first-order valence-electron chi connectivity index (χ1n) is 12.4. The fraction of sp³-hybridized carbons (Fsp3) is 0.0909. The van der Waals surface area contributed by atoms with Crippen LogP contribution in [-0.2, 0) is 19.5 Å². The molecule has 0 unspecified atom stereocenters. The molecule has 0 aliphatic heterocycles. The Labute approximate surface area is 248 Å². The third-order valence-corrected chi connectivity index (χ3v) is 5.44. The molecule has 197 valence electrons. The molecular formula is C33H27N6Ru. The van der Waals surface area contributed by atoms with Gasteiger partial charge in [0.05, 0.1) is 0 Å². The molecular weight excluding hydrogens is 581 g/mol. The predicted octanol–water partition coefficient (Wildman–Crippen LogP) is 6.75. The van der Waals surface area contributed by atoms with Crippen molar-refractivity contribution in [1.82, 2.24) is 29.9 Å². The van der Waals surface area contributed by atoms with Gasteiger partial charge in [0.25, 0.3) is 0 Å². The molecule has 7 heteroatoms. The minimum atomic E-state index is 0. The van der Waals surface area contributed by atoms with E-state index in [0.717, 1.165) is 50.9 Å². The summed E-state index contributed by atoms with van der Waals surface area (Å²) in [6.45, 7) is 5.81. The van der Waals surface area contributed by atoms with E-state index >= 15 is 0 Å². The molecule has 0 bridgehead atoms. The van der Waals surface area contributed by atoms with E-state index in [9.17, 15) is 0 Å². The standard InChI is InChI=1S/3C11H9N2.Ru/c3*1-9-7-11(13-8-12-9)10-5-3-2-4-6-10;/h3*2-7H,1H3;/q3*-1;+3. The molecule has 0 saturated carbocycles. The van der Waals surface area contributed by atoms with E-state index in [2.05, 4.69) is 48.9 Å².